The third-order valence-electron chi connectivity index (χ3n) is 3.91. The van der Waals surface area contributed by atoms with Crippen LogP contribution in [-0.4, -0.2) is 24.5 Å². The molecule has 2 aromatic carbocycles. The highest BCUT2D eigenvalue weighted by molar-refractivity contribution is 5.96. The zero-order valence-electron chi connectivity index (χ0n) is 14.5. The van der Waals surface area contributed by atoms with Crippen LogP contribution >= 0.6 is 0 Å². The molecule has 25 heavy (non-hydrogen) atoms. The average Bonchev–Trinajstić information content (AvgIpc) is 3.37. The van der Waals surface area contributed by atoms with Crippen molar-refractivity contribution < 1.29 is 14.3 Å². The minimum Gasteiger partial charge on any atom is -0.484 e. The van der Waals surface area contributed by atoms with E-state index >= 15 is 0 Å². The van der Waals surface area contributed by atoms with Crippen molar-refractivity contribution in [2.75, 3.05) is 11.9 Å². The molecule has 0 spiro atoms. The van der Waals surface area contributed by atoms with Crippen molar-refractivity contribution in [2.24, 2.45) is 0 Å². The summed E-state index contributed by atoms with van der Waals surface area (Å²) in [6.07, 6.45) is 2.11. The lowest BCUT2D eigenvalue weighted by atomic mass is 10.1. The molecule has 0 bridgehead atoms. The topological polar surface area (TPSA) is 67.4 Å². The van der Waals surface area contributed by atoms with Crippen molar-refractivity contribution in [3.05, 3.63) is 59.2 Å². The maximum absolute atomic E-state index is 12.0. The summed E-state index contributed by atoms with van der Waals surface area (Å²) in [5.41, 5.74) is 3.42. The molecule has 3 rings (SSSR count). The van der Waals surface area contributed by atoms with E-state index in [-0.39, 0.29) is 18.4 Å². The molecular formula is C20H22N2O3. The van der Waals surface area contributed by atoms with Gasteiger partial charge in [0.15, 0.2) is 6.61 Å². The Morgan fingerprint density at radius 3 is 2.28 bits per heavy atom. The molecule has 0 saturated heterocycles. The van der Waals surface area contributed by atoms with Crippen LogP contribution in [0.25, 0.3) is 0 Å². The van der Waals surface area contributed by atoms with Crippen LogP contribution in [0.4, 0.5) is 5.69 Å². The molecule has 0 atom stereocenters. The van der Waals surface area contributed by atoms with Crippen LogP contribution in [-0.2, 0) is 4.79 Å². The molecule has 2 aromatic rings. The fourth-order valence-electron chi connectivity index (χ4n) is 2.56. The zero-order valence-corrected chi connectivity index (χ0v) is 14.5. The summed E-state index contributed by atoms with van der Waals surface area (Å²) >= 11 is 0. The Labute approximate surface area is 147 Å². The van der Waals surface area contributed by atoms with Crippen LogP contribution < -0.4 is 15.4 Å². The van der Waals surface area contributed by atoms with Gasteiger partial charge in [-0.15, -0.1) is 0 Å². The number of aryl methyl sites for hydroxylation is 2. The number of carbonyl (C=O) groups excluding carboxylic acids is 2. The Morgan fingerprint density at radius 1 is 1.04 bits per heavy atom. The standard InChI is InChI=1S/C20H22N2O3/c1-13-9-14(2)11-18(10-13)25-12-19(23)21-16-5-3-15(4-6-16)20(24)22-17-7-8-17/h3-6,9-11,17H,7-8,12H2,1-2H3,(H,21,23)(H,22,24). The Bertz CT molecular complexity index is 760. The minimum absolute atomic E-state index is 0.0627. The number of carbonyl (C=O) groups is 2. The fraction of sp³-hybridized carbons (Fsp3) is 0.300. The van der Waals surface area contributed by atoms with E-state index in [1.807, 2.05) is 32.0 Å². The van der Waals surface area contributed by atoms with Crippen LogP contribution in [0.5, 0.6) is 5.75 Å². The van der Waals surface area contributed by atoms with Crippen LogP contribution in [0.2, 0.25) is 0 Å². The van der Waals surface area contributed by atoms with Gasteiger partial charge in [0.25, 0.3) is 11.8 Å². The molecule has 2 N–H and O–H groups in total. The first-order chi connectivity index (χ1) is 12.0. The molecule has 130 valence electrons. The highest BCUT2D eigenvalue weighted by Gasteiger charge is 2.23. The van der Waals surface area contributed by atoms with E-state index in [0.29, 0.717) is 23.0 Å². The van der Waals surface area contributed by atoms with Crippen molar-refractivity contribution in [1.82, 2.24) is 5.32 Å². The summed E-state index contributed by atoms with van der Waals surface area (Å²) in [5.74, 6) is 0.368. The molecule has 0 radical (unpaired) electrons. The highest BCUT2D eigenvalue weighted by Crippen LogP contribution is 2.20. The smallest absolute Gasteiger partial charge is 0.262 e. The third kappa shape index (κ3) is 5.08. The predicted molar refractivity (Wildman–Crippen MR) is 97.0 cm³/mol. The van der Waals surface area contributed by atoms with Crippen molar-refractivity contribution >= 4 is 17.5 Å². The normalized spacial score (nSPS) is 13.2. The maximum Gasteiger partial charge on any atom is 0.262 e. The van der Waals surface area contributed by atoms with Gasteiger partial charge in [-0.1, -0.05) is 6.07 Å². The molecule has 1 aliphatic rings. The molecule has 1 saturated carbocycles. The Balaban J connectivity index is 1.51. The number of ether oxygens (including phenoxy) is 1. The summed E-state index contributed by atoms with van der Waals surface area (Å²) in [4.78, 5) is 23.9. The molecule has 0 aliphatic heterocycles. The largest absolute Gasteiger partial charge is 0.484 e. The van der Waals surface area contributed by atoms with Crippen LogP contribution in [0.3, 0.4) is 0 Å². The molecule has 1 fully saturated rings. The minimum atomic E-state index is -0.241. The number of amides is 2. The number of rotatable bonds is 6. The Kier molecular flexibility index (Phi) is 5.03. The summed E-state index contributed by atoms with van der Waals surface area (Å²) in [7, 11) is 0. The second-order valence-corrected chi connectivity index (χ2v) is 6.49. The van der Waals surface area contributed by atoms with E-state index in [2.05, 4.69) is 10.6 Å². The summed E-state index contributed by atoms with van der Waals surface area (Å²) in [5, 5.41) is 5.70. The summed E-state index contributed by atoms with van der Waals surface area (Å²) in [6.45, 7) is 3.91. The van der Waals surface area contributed by atoms with Crippen molar-refractivity contribution in [3.8, 4) is 5.75 Å². The fourth-order valence-corrected chi connectivity index (χ4v) is 2.56. The third-order valence-corrected chi connectivity index (χ3v) is 3.91. The number of nitrogens with one attached hydrogen (secondary N) is 2. The second-order valence-electron chi connectivity index (χ2n) is 6.49. The molecule has 5 nitrogen and oxygen atoms in total. The van der Waals surface area contributed by atoms with Gasteiger partial charge in [-0.25, -0.2) is 0 Å². The van der Waals surface area contributed by atoms with E-state index in [1.165, 1.54) is 0 Å². The number of hydrogen-bond donors (Lipinski definition) is 2. The molecular weight excluding hydrogens is 316 g/mol. The van der Waals surface area contributed by atoms with Crippen molar-refractivity contribution in [2.45, 2.75) is 32.7 Å². The Morgan fingerprint density at radius 2 is 1.68 bits per heavy atom. The molecule has 0 unspecified atom stereocenters. The van der Waals surface area contributed by atoms with Gasteiger partial charge in [0.05, 0.1) is 0 Å². The van der Waals surface area contributed by atoms with E-state index in [1.54, 1.807) is 24.3 Å². The molecule has 0 aromatic heterocycles. The first kappa shape index (κ1) is 17.0. The van der Waals surface area contributed by atoms with Crippen LogP contribution in [0.15, 0.2) is 42.5 Å². The monoisotopic (exact) mass is 338 g/mol. The van der Waals surface area contributed by atoms with Gasteiger partial charge in [0, 0.05) is 17.3 Å². The van der Waals surface area contributed by atoms with Crippen molar-refractivity contribution in [1.29, 1.82) is 0 Å². The number of benzene rings is 2. The van der Waals surface area contributed by atoms with Crippen molar-refractivity contribution in [3.63, 3.8) is 0 Å². The Hall–Kier alpha value is -2.82. The van der Waals surface area contributed by atoms with Crippen LogP contribution in [0, 0.1) is 13.8 Å². The molecule has 0 heterocycles. The lowest BCUT2D eigenvalue weighted by molar-refractivity contribution is -0.118. The summed E-state index contributed by atoms with van der Waals surface area (Å²) < 4.78 is 5.54. The first-order valence-corrected chi connectivity index (χ1v) is 8.41. The zero-order chi connectivity index (χ0) is 17.8. The quantitative estimate of drug-likeness (QED) is 0.850. The molecule has 2 amide bonds. The van der Waals surface area contributed by atoms with Gasteiger partial charge in [-0.05, 0) is 74.2 Å². The van der Waals surface area contributed by atoms with E-state index in [4.69, 9.17) is 4.74 Å². The van der Waals surface area contributed by atoms with Gasteiger partial charge >= 0.3 is 0 Å². The van der Waals surface area contributed by atoms with Gasteiger partial charge in [0.2, 0.25) is 0 Å². The van der Waals surface area contributed by atoms with Gasteiger partial charge in [-0.2, -0.15) is 0 Å². The number of anilines is 1. The lowest BCUT2D eigenvalue weighted by Crippen LogP contribution is -2.25. The summed E-state index contributed by atoms with van der Waals surface area (Å²) in [6, 6.07) is 13.0. The molecule has 1 aliphatic carbocycles. The predicted octanol–water partition coefficient (Wildman–Crippen LogP) is 3.21. The van der Waals surface area contributed by atoms with Crippen LogP contribution in [0.1, 0.15) is 34.3 Å². The lowest BCUT2D eigenvalue weighted by Gasteiger charge is -2.09. The van der Waals surface area contributed by atoms with Gasteiger partial charge < -0.3 is 15.4 Å². The van der Waals surface area contributed by atoms with E-state index in [9.17, 15) is 9.59 Å². The van der Waals surface area contributed by atoms with Gasteiger partial charge in [-0.3, -0.25) is 9.59 Å². The van der Waals surface area contributed by atoms with E-state index < -0.39 is 0 Å². The first-order valence-electron chi connectivity index (χ1n) is 8.41. The number of hydrogen-bond acceptors (Lipinski definition) is 3. The maximum atomic E-state index is 12.0. The average molecular weight is 338 g/mol. The van der Waals surface area contributed by atoms with E-state index in [0.717, 1.165) is 24.0 Å². The van der Waals surface area contributed by atoms with Gasteiger partial charge in [0.1, 0.15) is 5.75 Å². The second kappa shape index (κ2) is 7.38. The SMILES string of the molecule is Cc1cc(C)cc(OCC(=O)Nc2ccc(C(=O)NC3CC3)cc2)c1. The molecule has 5 heteroatoms. The highest BCUT2D eigenvalue weighted by atomic mass is 16.5.